The summed E-state index contributed by atoms with van der Waals surface area (Å²) in [6.07, 6.45) is 7.17. The molecule has 3 heteroatoms. The van der Waals surface area contributed by atoms with E-state index in [0.29, 0.717) is 5.92 Å². The number of rotatable bonds is 3. The fraction of sp³-hybridized carbons (Fsp3) is 0.611. The quantitative estimate of drug-likeness (QED) is 0.895. The van der Waals surface area contributed by atoms with Crippen LogP contribution < -0.4 is 5.32 Å². The third-order valence-corrected chi connectivity index (χ3v) is 5.39. The lowest BCUT2D eigenvalue weighted by atomic mass is 9.69. The molecular formula is C18H25NO2. The molecule has 0 aromatic heterocycles. The lowest BCUT2D eigenvalue weighted by Crippen LogP contribution is -2.37. The van der Waals surface area contributed by atoms with Crippen molar-refractivity contribution in [2.24, 2.45) is 0 Å². The monoisotopic (exact) mass is 287 g/mol. The highest BCUT2D eigenvalue weighted by Crippen LogP contribution is 2.40. The Bertz CT molecular complexity index is 482. The fourth-order valence-corrected chi connectivity index (χ4v) is 4.01. The zero-order chi connectivity index (χ0) is 14.7. The highest BCUT2D eigenvalue weighted by Gasteiger charge is 2.41. The van der Waals surface area contributed by atoms with Crippen LogP contribution in [0.4, 0.5) is 0 Å². The van der Waals surface area contributed by atoms with Gasteiger partial charge in [0.05, 0.1) is 5.41 Å². The number of piperidine rings is 1. The maximum Gasteiger partial charge on any atom is 0.314 e. The molecule has 3 rings (SSSR count). The summed E-state index contributed by atoms with van der Waals surface area (Å²) >= 11 is 0. The van der Waals surface area contributed by atoms with Crippen LogP contribution in [0.5, 0.6) is 0 Å². The van der Waals surface area contributed by atoms with Crippen LogP contribution in [0.2, 0.25) is 0 Å². The van der Waals surface area contributed by atoms with Crippen molar-refractivity contribution in [2.45, 2.75) is 56.3 Å². The van der Waals surface area contributed by atoms with Crippen molar-refractivity contribution in [3.8, 4) is 0 Å². The van der Waals surface area contributed by atoms with Gasteiger partial charge < -0.3 is 10.4 Å². The molecule has 0 atom stereocenters. The number of hydrogen-bond acceptors (Lipinski definition) is 2. The molecule has 1 saturated heterocycles. The normalized spacial score (nSPS) is 22.9. The van der Waals surface area contributed by atoms with Gasteiger partial charge in [0, 0.05) is 0 Å². The molecule has 1 saturated carbocycles. The molecule has 2 fully saturated rings. The summed E-state index contributed by atoms with van der Waals surface area (Å²) in [6, 6.07) is 8.50. The van der Waals surface area contributed by atoms with Gasteiger partial charge in [0.2, 0.25) is 0 Å². The smallest absolute Gasteiger partial charge is 0.314 e. The molecule has 1 heterocycles. The van der Waals surface area contributed by atoms with Crippen LogP contribution in [0.1, 0.15) is 62.0 Å². The van der Waals surface area contributed by atoms with E-state index in [-0.39, 0.29) is 0 Å². The third-order valence-electron chi connectivity index (χ3n) is 5.39. The van der Waals surface area contributed by atoms with E-state index in [1.165, 1.54) is 24.8 Å². The van der Waals surface area contributed by atoms with E-state index in [9.17, 15) is 9.90 Å². The van der Waals surface area contributed by atoms with Crippen molar-refractivity contribution < 1.29 is 9.90 Å². The SMILES string of the molecule is O=C(O)C1(c2ccc(C3CCNCC3)cc2)CCCCC1. The van der Waals surface area contributed by atoms with Crippen LogP contribution in [0.25, 0.3) is 0 Å². The van der Waals surface area contributed by atoms with Crippen molar-refractivity contribution >= 4 is 5.97 Å². The third kappa shape index (κ3) is 2.84. The van der Waals surface area contributed by atoms with Crippen molar-refractivity contribution in [1.29, 1.82) is 0 Å². The van der Waals surface area contributed by atoms with Crippen molar-refractivity contribution in [3.63, 3.8) is 0 Å². The minimum Gasteiger partial charge on any atom is -0.481 e. The van der Waals surface area contributed by atoms with Gasteiger partial charge in [-0.2, -0.15) is 0 Å². The summed E-state index contributed by atoms with van der Waals surface area (Å²) in [7, 11) is 0. The number of carboxylic acid groups (broad SMARTS) is 1. The van der Waals surface area contributed by atoms with Crippen LogP contribution in [0.3, 0.4) is 0 Å². The Labute approximate surface area is 126 Å². The average Bonchev–Trinajstić information content (AvgIpc) is 2.56. The summed E-state index contributed by atoms with van der Waals surface area (Å²) in [5, 5.41) is 13.1. The van der Waals surface area contributed by atoms with Crippen LogP contribution >= 0.6 is 0 Å². The van der Waals surface area contributed by atoms with Gasteiger partial charge in [0.25, 0.3) is 0 Å². The van der Waals surface area contributed by atoms with Gasteiger partial charge in [-0.25, -0.2) is 0 Å². The molecular weight excluding hydrogens is 262 g/mol. The Morgan fingerprint density at radius 1 is 1.05 bits per heavy atom. The van der Waals surface area contributed by atoms with Crippen LogP contribution in [-0.4, -0.2) is 24.2 Å². The minimum atomic E-state index is -0.642. The number of aliphatic carboxylic acids is 1. The van der Waals surface area contributed by atoms with E-state index in [0.717, 1.165) is 44.3 Å². The van der Waals surface area contributed by atoms with Crippen LogP contribution in [0.15, 0.2) is 24.3 Å². The van der Waals surface area contributed by atoms with E-state index in [2.05, 4.69) is 29.6 Å². The summed E-state index contributed by atoms with van der Waals surface area (Å²) in [6.45, 7) is 2.18. The Morgan fingerprint density at radius 3 is 2.24 bits per heavy atom. The summed E-state index contributed by atoms with van der Waals surface area (Å²) in [5.41, 5.74) is 1.74. The lowest BCUT2D eigenvalue weighted by Gasteiger charge is -2.34. The Morgan fingerprint density at radius 2 is 1.67 bits per heavy atom. The highest BCUT2D eigenvalue weighted by molar-refractivity contribution is 5.81. The minimum absolute atomic E-state index is 0.632. The number of nitrogens with one attached hydrogen (secondary N) is 1. The maximum absolute atomic E-state index is 11.9. The summed E-state index contributed by atoms with van der Waals surface area (Å²) in [5.74, 6) is -0.00995. The van der Waals surface area contributed by atoms with E-state index < -0.39 is 11.4 Å². The van der Waals surface area contributed by atoms with Gasteiger partial charge in [-0.05, 0) is 55.8 Å². The van der Waals surface area contributed by atoms with E-state index in [1.807, 2.05) is 0 Å². The summed E-state index contributed by atoms with van der Waals surface area (Å²) in [4.78, 5) is 11.9. The molecule has 0 radical (unpaired) electrons. The van der Waals surface area contributed by atoms with Crippen LogP contribution in [0, 0.1) is 0 Å². The molecule has 3 nitrogen and oxygen atoms in total. The van der Waals surface area contributed by atoms with Gasteiger partial charge in [0.1, 0.15) is 0 Å². The topological polar surface area (TPSA) is 49.3 Å². The number of carbonyl (C=O) groups is 1. The molecule has 21 heavy (non-hydrogen) atoms. The Balaban J connectivity index is 1.83. The second kappa shape index (κ2) is 6.18. The van der Waals surface area contributed by atoms with Gasteiger partial charge in [-0.1, -0.05) is 43.5 Å². The average molecular weight is 287 g/mol. The largest absolute Gasteiger partial charge is 0.481 e. The van der Waals surface area contributed by atoms with Crippen molar-refractivity contribution in [1.82, 2.24) is 5.32 Å². The van der Waals surface area contributed by atoms with Crippen LogP contribution in [-0.2, 0) is 10.2 Å². The van der Waals surface area contributed by atoms with Gasteiger partial charge in [-0.15, -0.1) is 0 Å². The molecule has 0 unspecified atom stereocenters. The first-order chi connectivity index (χ1) is 10.2. The zero-order valence-electron chi connectivity index (χ0n) is 12.6. The predicted octanol–water partition coefficient (Wildman–Crippen LogP) is 3.44. The molecule has 2 aliphatic rings. The molecule has 2 N–H and O–H groups in total. The second-order valence-corrected chi connectivity index (χ2v) is 6.59. The summed E-state index contributed by atoms with van der Waals surface area (Å²) < 4.78 is 0. The van der Waals surface area contributed by atoms with E-state index >= 15 is 0 Å². The number of benzene rings is 1. The molecule has 0 spiro atoms. The first-order valence-electron chi connectivity index (χ1n) is 8.27. The standard InChI is InChI=1S/C18H25NO2/c20-17(21)18(10-2-1-3-11-18)16-6-4-14(5-7-16)15-8-12-19-13-9-15/h4-7,15,19H,1-3,8-13H2,(H,20,21). The van der Waals surface area contributed by atoms with Gasteiger partial charge in [-0.3, -0.25) is 4.79 Å². The second-order valence-electron chi connectivity index (χ2n) is 6.59. The first-order valence-corrected chi connectivity index (χ1v) is 8.27. The van der Waals surface area contributed by atoms with E-state index in [1.54, 1.807) is 0 Å². The van der Waals surface area contributed by atoms with Crippen molar-refractivity contribution in [2.75, 3.05) is 13.1 Å². The predicted molar refractivity (Wildman–Crippen MR) is 83.7 cm³/mol. The first kappa shape index (κ1) is 14.6. The number of carboxylic acids is 1. The molecule has 1 aromatic carbocycles. The lowest BCUT2D eigenvalue weighted by molar-refractivity contribution is -0.145. The Kier molecular flexibility index (Phi) is 4.29. The molecule has 0 bridgehead atoms. The molecule has 1 aliphatic carbocycles. The van der Waals surface area contributed by atoms with Gasteiger partial charge in [0.15, 0.2) is 0 Å². The molecule has 114 valence electrons. The fourth-order valence-electron chi connectivity index (χ4n) is 4.01. The van der Waals surface area contributed by atoms with Gasteiger partial charge >= 0.3 is 5.97 Å². The maximum atomic E-state index is 11.9. The Hall–Kier alpha value is -1.35. The highest BCUT2D eigenvalue weighted by atomic mass is 16.4. The van der Waals surface area contributed by atoms with Crippen molar-refractivity contribution in [3.05, 3.63) is 35.4 Å². The molecule has 0 amide bonds. The molecule has 1 aromatic rings. The van der Waals surface area contributed by atoms with E-state index in [4.69, 9.17) is 0 Å². The molecule has 1 aliphatic heterocycles. The number of hydrogen-bond donors (Lipinski definition) is 2. The zero-order valence-corrected chi connectivity index (χ0v) is 12.6.